The molecule has 0 saturated heterocycles. The Labute approximate surface area is 237 Å². The summed E-state index contributed by atoms with van der Waals surface area (Å²) in [5.74, 6) is -0.497. The molecule has 3 aromatic rings. The van der Waals surface area contributed by atoms with Crippen LogP contribution in [0.3, 0.4) is 0 Å². The third-order valence-corrected chi connectivity index (χ3v) is 9.16. The van der Waals surface area contributed by atoms with Crippen molar-refractivity contribution in [2.24, 2.45) is 0 Å². The molecule has 0 aliphatic heterocycles. The van der Waals surface area contributed by atoms with Crippen LogP contribution >= 0.6 is 35.3 Å². The Kier molecular flexibility index (Phi) is 9.82. The number of carbonyl (C=O) groups is 2. The summed E-state index contributed by atoms with van der Waals surface area (Å²) >= 11 is 8.49. The van der Waals surface area contributed by atoms with Crippen molar-refractivity contribution >= 4 is 68.7 Å². The number of nitrogens with one attached hydrogen (secondary N) is 3. The van der Waals surface area contributed by atoms with E-state index < -0.39 is 0 Å². The number of hydrogen-bond acceptors (Lipinski definition) is 6. The first-order valence-corrected chi connectivity index (χ1v) is 14.9. The number of ether oxygens (including phenoxy) is 1. The van der Waals surface area contributed by atoms with Gasteiger partial charge in [0.05, 0.1) is 17.9 Å². The lowest BCUT2D eigenvalue weighted by Gasteiger charge is -2.16. The molecule has 0 bridgehead atoms. The summed E-state index contributed by atoms with van der Waals surface area (Å²) in [7, 11) is 1.39. The van der Waals surface area contributed by atoms with Crippen LogP contribution in [0.2, 0.25) is 0 Å². The highest BCUT2D eigenvalue weighted by molar-refractivity contribution is 8.00. The average molecular weight is 568 g/mol. The van der Waals surface area contributed by atoms with Crippen molar-refractivity contribution in [2.45, 2.75) is 62.5 Å². The maximum Gasteiger partial charge on any atom is 0.341 e. The van der Waals surface area contributed by atoms with E-state index >= 15 is 0 Å². The third kappa shape index (κ3) is 7.15. The van der Waals surface area contributed by atoms with Gasteiger partial charge >= 0.3 is 5.97 Å². The van der Waals surface area contributed by atoms with Gasteiger partial charge < -0.3 is 20.7 Å². The highest BCUT2D eigenvalue weighted by Crippen LogP contribution is 2.39. The number of thiocarbonyl (C=S) groups is 1. The van der Waals surface area contributed by atoms with E-state index in [1.54, 1.807) is 0 Å². The zero-order valence-corrected chi connectivity index (χ0v) is 24.3. The van der Waals surface area contributed by atoms with Gasteiger partial charge in [-0.3, -0.25) is 4.79 Å². The maximum atomic E-state index is 13.4. The minimum Gasteiger partial charge on any atom is -0.465 e. The molecule has 38 heavy (non-hydrogen) atoms. The van der Waals surface area contributed by atoms with Crippen molar-refractivity contribution < 1.29 is 14.3 Å². The van der Waals surface area contributed by atoms with Gasteiger partial charge in [-0.15, -0.1) is 23.1 Å². The second kappa shape index (κ2) is 13.3. The van der Waals surface area contributed by atoms with Crippen LogP contribution in [0.15, 0.2) is 53.4 Å². The smallest absolute Gasteiger partial charge is 0.341 e. The van der Waals surface area contributed by atoms with Gasteiger partial charge in [0.25, 0.3) is 0 Å². The van der Waals surface area contributed by atoms with Gasteiger partial charge in [-0.25, -0.2) is 4.79 Å². The number of carbonyl (C=O) groups excluding carboxylic acids is 2. The Balaban J connectivity index is 1.43. The zero-order chi connectivity index (χ0) is 27.1. The molecular formula is C29H33N3O3S3. The summed E-state index contributed by atoms with van der Waals surface area (Å²) in [6, 6.07) is 15.9. The van der Waals surface area contributed by atoms with Gasteiger partial charge in [0.1, 0.15) is 5.00 Å². The minimum atomic E-state index is -0.380. The van der Waals surface area contributed by atoms with Crippen LogP contribution in [0.5, 0.6) is 0 Å². The number of aryl methyl sites for hydroxylation is 2. The van der Waals surface area contributed by atoms with E-state index in [0.29, 0.717) is 22.1 Å². The number of thiophene rings is 1. The van der Waals surface area contributed by atoms with Gasteiger partial charge in [0.15, 0.2) is 5.11 Å². The van der Waals surface area contributed by atoms with E-state index in [4.69, 9.17) is 17.0 Å². The molecule has 0 radical (unpaired) electrons. The van der Waals surface area contributed by atoms with Crippen molar-refractivity contribution in [3.63, 3.8) is 0 Å². The highest BCUT2D eigenvalue weighted by Gasteiger charge is 2.28. The highest BCUT2D eigenvalue weighted by atomic mass is 32.2. The molecule has 200 valence electrons. The first kappa shape index (κ1) is 28.1. The number of thioether (sulfide) groups is 1. The lowest BCUT2D eigenvalue weighted by Crippen LogP contribution is -2.25. The van der Waals surface area contributed by atoms with Gasteiger partial charge in [-0.2, -0.15) is 0 Å². The predicted molar refractivity (Wildman–Crippen MR) is 163 cm³/mol. The minimum absolute atomic E-state index is 0.117. The number of hydrogen-bond donors (Lipinski definition) is 3. The van der Waals surface area contributed by atoms with Crippen LogP contribution in [0.25, 0.3) is 0 Å². The Hall–Kier alpha value is -2.88. The summed E-state index contributed by atoms with van der Waals surface area (Å²) in [4.78, 5) is 28.1. The molecule has 1 atom stereocenters. The van der Waals surface area contributed by atoms with Crippen LogP contribution in [0, 0.1) is 6.92 Å². The standard InChI is InChI=1S/C29H33N3O3S3/c1-4-23(26(33)32-27-25(28(34)35-3)22-11-6-5-7-12-24(22)38-27)37-21-10-8-9-20(17-21)31-29(36)30-19-15-13-18(2)14-16-19/h8-10,13-17,23H,4-7,11-12H2,1-3H3,(H,32,33)(H2,30,31,36). The second-order valence-corrected chi connectivity index (χ2v) is 12.0. The topological polar surface area (TPSA) is 79.5 Å². The normalized spacial score (nSPS) is 13.6. The molecule has 0 saturated carbocycles. The fourth-order valence-corrected chi connectivity index (χ4v) is 6.93. The summed E-state index contributed by atoms with van der Waals surface area (Å²) in [6.07, 6.45) is 5.72. The number of methoxy groups -OCH3 is 1. The van der Waals surface area contributed by atoms with Crippen molar-refractivity contribution in [1.82, 2.24) is 0 Å². The Morgan fingerprint density at radius 3 is 2.50 bits per heavy atom. The van der Waals surface area contributed by atoms with Gasteiger partial charge in [0, 0.05) is 21.1 Å². The SMILES string of the molecule is CCC(Sc1cccc(NC(=S)Nc2ccc(C)cc2)c1)C(=O)Nc1sc2c(c1C(=O)OC)CCCCC2. The number of anilines is 3. The first-order valence-electron chi connectivity index (χ1n) is 12.8. The number of fused-ring (bicyclic) bond motifs is 1. The Morgan fingerprint density at radius 2 is 1.76 bits per heavy atom. The molecule has 1 heterocycles. The van der Waals surface area contributed by atoms with Crippen LogP contribution in [-0.2, 0) is 22.4 Å². The van der Waals surface area contributed by atoms with E-state index in [-0.39, 0.29) is 17.1 Å². The quantitative estimate of drug-likeness (QED) is 0.113. The molecule has 3 N–H and O–H groups in total. The number of esters is 1. The summed E-state index contributed by atoms with van der Waals surface area (Å²) in [5, 5.41) is 10.3. The van der Waals surface area contributed by atoms with E-state index in [1.165, 1.54) is 40.6 Å². The average Bonchev–Trinajstić information content (AvgIpc) is 3.07. The molecule has 1 aliphatic rings. The monoisotopic (exact) mass is 567 g/mol. The van der Waals surface area contributed by atoms with Gasteiger partial charge in [0.2, 0.25) is 5.91 Å². The number of rotatable bonds is 8. The molecular weight excluding hydrogens is 535 g/mol. The lowest BCUT2D eigenvalue weighted by atomic mass is 10.1. The Morgan fingerprint density at radius 1 is 1.03 bits per heavy atom. The van der Waals surface area contributed by atoms with Crippen molar-refractivity contribution in [2.75, 3.05) is 23.1 Å². The van der Waals surface area contributed by atoms with E-state index in [2.05, 4.69) is 16.0 Å². The second-order valence-electron chi connectivity index (χ2n) is 9.24. The molecule has 1 aromatic heterocycles. The summed E-state index contributed by atoms with van der Waals surface area (Å²) in [5.41, 5.74) is 4.51. The van der Waals surface area contributed by atoms with E-state index in [0.717, 1.165) is 53.9 Å². The summed E-state index contributed by atoms with van der Waals surface area (Å²) < 4.78 is 5.08. The molecule has 0 spiro atoms. The predicted octanol–water partition coefficient (Wildman–Crippen LogP) is 7.43. The summed E-state index contributed by atoms with van der Waals surface area (Å²) in [6.45, 7) is 4.03. The molecule has 1 aliphatic carbocycles. The van der Waals surface area contributed by atoms with Crippen LogP contribution in [-0.4, -0.2) is 29.3 Å². The van der Waals surface area contributed by atoms with Crippen LogP contribution in [0.1, 0.15) is 59.0 Å². The number of benzene rings is 2. The lowest BCUT2D eigenvalue weighted by molar-refractivity contribution is -0.115. The molecule has 2 aromatic carbocycles. The van der Waals surface area contributed by atoms with Crippen molar-refractivity contribution in [1.29, 1.82) is 0 Å². The molecule has 1 amide bonds. The van der Waals surface area contributed by atoms with Crippen LogP contribution in [0.4, 0.5) is 16.4 Å². The number of amides is 1. The van der Waals surface area contributed by atoms with Crippen molar-refractivity contribution in [3.8, 4) is 0 Å². The van der Waals surface area contributed by atoms with Gasteiger partial charge in [-0.1, -0.05) is 37.1 Å². The maximum absolute atomic E-state index is 13.4. The van der Waals surface area contributed by atoms with Crippen molar-refractivity contribution in [3.05, 3.63) is 70.1 Å². The van der Waals surface area contributed by atoms with E-state index in [9.17, 15) is 9.59 Å². The third-order valence-electron chi connectivity index (χ3n) is 6.39. The molecule has 9 heteroatoms. The molecule has 0 fully saturated rings. The molecule has 4 rings (SSSR count). The fraction of sp³-hybridized carbons (Fsp3) is 0.345. The largest absolute Gasteiger partial charge is 0.465 e. The molecule has 1 unspecified atom stereocenters. The van der Waals surface area contributed by atoms with Crippen LogP contribution < -0.4 is 16.0 Å². The van der Waals surface area contributed by atoms with Gasteiger partial charge in [-0.05, 0) is 87.1 Å². The zero-order valence-electron chi connectivity index (χ0n) is 21.9. The molecule has 6 nitrogen and oxygen atoms in total. The van der Waals surface area contributed by atoms with E-state index in [1.807, 2.05) is 62.4 Å². The fourth-order valence-electron chi connectivity index (χ4n) is 4.41. The first-order chi connectivity index (χ1) is 18.4. The Bertz CT molecular complexity index is 1300.